The van der Waals surface area contributed by atoms with E-state index < -0.39 is 72.7 Å². The minimum atomic E-state index is -3.06. The molecule has 0 amide bonds. The van der Waals surface area contributed by atoms with Crippen LogP contribution in [0.5, 0.6) is 11.8 Å². The Morgan fingerprint density at radius 1 is 1.20 bits per heavy atom. The van der Waals surface area contributed by atoms with Crippen molar-refractivity contribution in [2.24, 2.45) is 0 Å². The van der Waals surface area contributed by atoms with Gasteiger partial charge in [-0.3, -0.25) is 9.88 Å². The zero-order valence-corrected chi connectivity index (χ0v) is 23.9. The standard InChI is InChI=1S/C32H32F4N6O3/c1-43-28-21(34)5-4-16-10-18(37)11-19(22(16)28)25-23(35)26-20(13-38-25)30(42-8-3-9-44-29-24(36)27(29)42)40-31(39-26)45-15-32-6-2-7-41(32)14-17(33)12-32/h4-5,10-11,13,17,24,27,29H,2-3,6-9,12,14-15,37H2,1H3/t17-,24-,27-,29+,32+/m1/s1/i1D3,15D2. The van der Waals surface area contributed by atoms with Gasteiger partial charge in [-0.15, -0.1) is 0 Å². The number of hydrogen-bond donors (Lipinski definition) is 1. The largest absolute Gasteiger partial charge is 0.493 e. The molecule has 3 aliphatic heterocycles. The number of nitrogen functional groups attached to an aromatic ring is 1. The molecule has 0 spiro atoms. The van der Waals surface area contributed by atoms with Crippen LogP contribution >= 0.6 is 0 Å². The topological polar surface area (TPSA) is 98.9 Å². The van der Waals surface area contributed by atoms with Crippen LogP contribution in [0.25, 0.3) is 32.9 Å². The van der Waals surface area contributed by atoms with E-state index in [1.807, 2.05) is 0 Å². The predicted molar refractivity (Wildman–Crippen MR) is 160 cm³/mol. The lowest BCUT2D eigenvalue weighted by Gasteiger charge is -2.31. The minimum absolute atomic E-state index is 0.0323. The molecule has 2 aromatic heterocycles. The van der Waals surface area contributed by atoms with Crippen molar-refractivity contribution in [2.75, 3.05) is 50.5 Å². The smallest absolute Gasteiger partial charge is 0.319 e. The quantitative estimate of drug-likeness (QED) is 0.234. The Bertz CT molecular complexity index is 2030. The SMILES string of the molecule is [2H]C([2H])([2H])Oc1c(F)ccc2cc(N)cc(-c3ncc4c(N5CCCO[C@H]6[C@H](F)[C@H]65)nc(OC([2H])([2H])[C@@]56CCCN5C[C@H](F)C6)nc4c3F)c12. The molecule has 3 saturated heterocycles. The predicted octanol–water partition coefficient (Wildman–Crippen LogP) is 4.98. The maximum atomic E-state index is 17.0. The Kier molecular flexibility index (Phi) is 5.48. The number of nitrogens with two attached hydrogens (primary N) is 1. The lowest BCUT2D eigenvalue weighted by molar-refractivity contribution is 0.105. The van der Waals surface area contributed by atoms with E-state index in [0.717, 1.165) is 6.07 Å². The van der Waals surface area contributed by atoms with E-state index in [2.05, 4.69) is 15.0 Å². The van der Waals surface area contributed by atoms with Crippen LogP contribution in [0.1, 0.15) is 32.5 Å². The van der Waals surface area contributed by atoms with Gasteiger partial charge in [-0.05, 0) is 49.4 Å². The first kappa shape index (κ1) is 23.4. The van der Waals surface area contributed by atoms with E-state index in [1.165, 1.54) is 24.4 Å². The summed E-state index contributed by atoms with van der Waals surface area (Å²) in [4.78, 5) is 16.5. The van der Waals surface area contributed by atoms with Crippen molar-refractivity contribution in [1.29, 1.82) is 0 Å². The molecule has 8 rings (SSSR count). The van der Waals surface area contributed by atoms with Crippen LogP contribution in [0, 0.1) is 11.6 Å². The van der Waals surface area contributed by atoms with Crippen LogP contribution in [0.3, 0.4) is 0 Å². The normalized spacial score (nSPS) is 30.1. The molecule has 2 aromatic carbocycles. The summed E-state index contributed by atoms with van der Waals surface area (Å²) >= 11 is 0. The number of benzene rings is 2. The van der Waals surface area contributed by atoms with Gasteiger partial charge in [-0.2, -0.15) is 9.97 Å². The third-order valence-corrected chi connectivity index (χ3v) is 9.30. The molecule has 1 saturated carbocycles. The fourth-order valence-electron chi connectivity index (χ4n) is 7.22. The second-order valence-electron chi connectivity index (χ2n) is 12.1. The van der Waals surface area contributed by atoms with E-state index in [0.29, 0.717) is 25.8 Å². The maximum Gasteiger partial charge on any atom is 0.319 e. The molecule has 1 aliphatic carbocycles. The molecule has 4 fully saturated rings. The van der Waals surface area contributed by atoms with Gasteiger partial charge in [-0.1, -0.05) is 6.07 Å². The number of halogens is 4. The van der Waals surface area contributed by atoms with Crippen LogP contribution < -0.4 is 20.1 Å². The first-order valence-electron chi connectivity index (χ1n) is 17.4. The van der Waals surface area contributed by atoms with Gasteiger partial charge in [0.1, 0.15) is 35.9 Å². The van der Waals surface area contributed by atoms with Crippen LogP contribution in [0.2, 0.25) is 0 Å². The van der Waals surface area contributed by atoms with Gasteiger partial charge in [-0.25, -0.2) is 17.6 Å². The van der Waals surface area contributed by atoms with Gasteiger partial charge >= 0.3 is 6.01 Å². The Balaban J connectivity index is 1.32. The Morgan fingerprint density at radius 2 is 2.09 bits per heavy atom. The molecule has 5 atom stereocenters. The third kappa shape index (κ3) is 4.53. The number of ether oxygens (including phenoxy) is 3. The number of methoxy groups -OCH3 is 1. The molecule has 9 nitrogen and oxygen atoms in total. The van der Waals surface area contributed by atoms with Crippen LogP contribution in [0.4, 0.5) is 29.1 Å². The number of aromatic nitrogens is 3. The molecule has 4 aliphatic rings. The summed E-state index contributed by atoms with van der Waals surface area (Å²) in [7, 11) is -3.06. The highest BCUT2D eigenvalue weighted by molar-refractivity contribution is 6.04. The van der Waals surface area contributed by atoms with E-state index in [9.17, 15) is 8.78 Å². The van der Waals surface area contributed by atoms with Crippen molar-refractivity contribution >= 4 is 33.2 Å². The highest BCUT2D eigenvalue weighted by Gasteiger charge is 2.58. The van der Waals surface area contributed by atoms with Gasteiger partial charge in [0, 0.05) is 49.0 Å². The fourth-order valence-corrected chi connectivity index (χ4v) is 7.22. The molecule has 0 unspecified atom stereocenters. The molecular formula is C32H32F4N6O3. The molecule has 4 aromatic rings. The maximum absolute atomic E-state index is 17.0. The Labute approximate surface area is 263 Å². The highest BCUT2D eigenvalue weighted by atomic mass is 19.1. The fraction of sp³-hybridized carbons (Fsp3) is 0.469. The monoisotopic (exact) mass is 629 g/mol. The number of nitrogens with zero attached hydrogens (tertiary/aromatic N) is 5. The lowest BCUT2D eigenvalue weighted by atomic mass is 9.95. The summed E-state index contributed by atoms with van der Waals surface area (Å²) in [5.74, 6) is -2.73. The lowest BCUT2D eigenvalue weighted by Crippen LogP contribution is -2.43. The molecule has 2 N–H and O–H groups in total. The molecule has 5 heterocycles. The summed E-state index contributed by atoms with van der Waals surface area (Å²) in [5, 5.41) is 0.169. The molecule has 13 heteroatoms. The van der Waals surface area contributed by atoms with E-state index in [-0.39, 0.29) is 64.9 Å². The molecular weight excluding hydrogens is 592 g/mol. The summed E-state index contributed by atoms with van der Waals surface area (Å²) in [6.07, 6.45) is -0.803. The van der Waals surface area contributed by atoms with Crippen LogP contribution in [0.15, 0.2) is 30.5 Å². The van der Waals surface area contributed by atoms with Gasteiger partial charge in [0.25, 0.3) is 0 Å². The highest BCUT2D eigenvalue weighted by Crippen LogP contribution is 2.45. The third-order valence-electron chi connectivity index (χ3n) is 9.30. The molecule has 236 valence electrons. The number of pyridine rings is 1. The average Bonchev–Trinajstić information content (AvgIpc) is 3.39. The number of rotatable bonds is 6. The molecule has 45 heavy (non-hydrogen) atoms. The molecule has 0 radical (unpaired) electrons. The van der Waals surface area contributed by atoms with Crippen molar-refractivity contribution in [3.05, 3.63) is 42.1 Å². The van der Waals surface area contributed by atoms with Gasteiger partial charge in [0.05, 0.1) is 30.9 Å². The van der Waals surface area contributed by atoms with E-state index in [1.54, 1.807) is 9.80 Å². The van der Waals surface area contributed by atoms with E-state index in [4.69, 9.17) is 26.8 Å². The first-order chi connectivity index (χ1) is 23.7. The van der Waals surface area contributed by atoms with Crippen LogP contribution in [-0.4, -0.2) is 89.7 Å². The number of fused-ring (bicyclic) bond motifs is 4. The summed E-state index contributed by atoms with van der Waals surface area (Å²) in [6, 6.07) is 3.75. The van der Waals surface area contributed by atoms with Crippen LogP contribution in [-0.2, 0) is 4.74 Å². The van der Waals surface area contributed by atoms with Gasteiger partial charge in [0.2, 0.25) is 0 Å². The summed E-state index contributed by atoms with van der Waals surface area (Å²) in [5.41, 5.74) is 4.07. The average molecular weight is 630 g/mol. The Morgan fingerprint density at radius 3 is 2.96 bits per heavy atom. The van der Waals surface area contributed by atoms with Crippen molar-refractivity contribution in [3.63, 3.8) is 0 Å². The number of anilines is 2. The zero-order valence-electron chi connectivity index (χ0n) is 28.9. The second kappa shape index (κ2) is 10.5. The second-order valence-corrected chi connectivity index (χ2v) is 12.1. The molecule has 0 bridgehead atoms. The number of hydrogen-bond acceptors (Lipinski definition) is 9. The first-order valence-corrected chi connectivity index (χ1v) is 14.9. The minimum Gasteiger partial charge on any atom is -0.493 e. The van der Waals surface area contributed by atoms with Crippen molar-refractivity contribution in [3.8, 4) is 23.0 Å². The zero-order chi connectivity index (χ0) is 35.3. The van der Waals surface area contributed by atoms with E-state index >= 15 is 8.78 Å². The summed E-state index contributed by atoms with van der Waals surface area (Å²) < 4.78 is 119. The van der Waals surface area contributed by atoms with Crippen molar-refractivity contribution in [1.82, 2.24) is 19.9 Å². The van der Waals surface area contributed by atoms with Gasteiger partial charge in [0.15, 0.2) is 23.6 Å². The Hall–Kier alpha value is -3.97. The number of alkyl halides is 2. The summed E-state index contributed by atoms with van der Waals surface area (Å²) in [6.45, 7) is -1.44. The van der Waals surface area contributed by atoms with Crippen molar-refractivity contribution in [2.45, 2.75) is 55.7 Å². The van der Waals surface area contributed by atoms with Crippen molar-refractivity contribution < 1.29 is 38.6 Å². The van der Waals surface area contributed by atoms with Gasteiger partial charge < -0.3 is 24.8 Å².